The first kappa shape index (κ1) is 20.8. The first-order chi connectivity index (χ1) is 14.9. The Morgan fingerprint density at radius 2 is 1.71 bits per heavy atom. The Morgan fingerprint density at radius 3 is 2.39 bits per heavy atom. The third-order valence-electron chi connectivity index (χ3n) is 5.49. The maximum Gasteiger partial charge on any atom is 0.257 e. The van der Waals surface area contributed by atoms with Gasteiger partial charge in [-0.25, -0.2) is 0 Å². The average molecular weight is 429 g/mol. The summed E-state index contributed by atoms with van der Waals surface area (Å²) in [5, 5.41) is 12.7. The molecular formula is C25H24N4OS. The maximum atomic E-state index is 12.6. The number of aromatic nitrogens is 2. The van der Waals surface area contributed by atoms with Gasteiger partial charge in [0.15, 0.2) is 5.11 Å². The van der Waals surface area contributed by atoms with Gasteiger partial charge in [-0.1, -0.05) is 42.5 Å². The fourth-order valence-corrected chi connectivity index (χ4v) is 3.86. The standard InChI is InChI=1S/C25H24N4OS/c1-16-23(17(2)29(3)28-16)14-18-8-12-22(13-9-18)26-25(31)27-24(30)21-11-10-19-6-4-5-7-20(19)15-21/h4-13,15H,14H2,1-3H3,(H2,26,27,30,31). The van der Waals surface area contributed by atoms with Crippen LogP contribution in [0.4, 0.5) is 5.69 Å². The molecule has 4 rings (SSSR count). The lowest BCUT2D eigenvalue weighted by molar-refractivity contribution is 0.0978. The van der Waals surface area contributed by atoms with E-state index < -0.39 is 0 Å². The van der Waals surface area contributed by atoms with Crippen molar-refractivity contribution in [2.45, 2.75) is 20.3 Å². The van der Waals surface area contributed by atoms with Crippen LogP contribution in [0.3, 0.4) is 0 Å². The highest BCUT2D eigenvalue weighted by Gasteiger charge is 2.11. The topological polar surface area (TPSA) is 59.0 Å². The largest absolute Gasteiger partial charge is 0.332 e. The SMILES string of the molecule is Cc1nn(C)c(C)c1Cc1ccc(NC(=S)NC(=O)c2ccc3ccccc3c2)cc1. The minimum absolute atomic E-state index is 0.234. The van der Waals surface area contributed by atoms with Crippen LogP contribution in [0.25, 0.3) is 10.8 Å². The summed E-state index contributed by atoms with van der Waals surface area (Å²) in [5.74, 6) is -0.234. The lowest BCUT2D eigenvalue weighted by Gasteiger charge is -2.11. The fourth-order valence-electron chi connectivity index (χ4n) is 3.65. The van der Waals surface area contributed by atoms with Crippen molar-refractivity contribution in [2.24, 2.45) is 7.05 Å². The van der Waals surface area contributed by atoms with Gasteiger partial charge in [-0.05, 0) is 66.7 Å². The van der Waals surface area contributed by atoms with Crippen LogP contribution in [0.5, 0.6) is 0 Å². The predicted molar refractivity (Wildman–Crippen MR) is 130 cm³/mol. The van der Waals surface area contributed by atoms with Gasteiger partial charge >= 0.3 is 0 Å². The second kappa shape index (κ2) is 8.70. The van der Waals surface area contributed by atoms with Crippen LogP contribution in [0, 0.1) is 13.8 Å². The molecule has 0 bridgehead atoms. The van der Waals surface area contributed by atoms with Crippen molar-refractivity contribution in [3.63, 3.8) is 0 Å². The van der Waals surface area contributed by atoms with Gasteiger partial charge in [0.2, 0.25) is 0 Å². The minimum Gasteiger partial charge on any atom is -0.332 e. The molecule has 0 unspecified atom stereocenters. The molecule has 0 aliphatic carbocycles. The molecule has 1 heterocycles. The van der Waals surface area contributed by atoms with E-state index in [9.17, 15) is 4.79 Å². The molecule has 5 nitrogen and oxygen atoms in total. The zero-order chi connectivity index (χ0) is 22.0. The summed E-state index contributed by atoms with van der Waals surface area (Å²) >= 11 is 5.33. The van der Waals surface area contributed by atoms with E-state index in [-0.39, 0.29) is 11.0 Å². The molecule has 4 aromatic rings. The molecule has 0 fully saturated rings. The molecule has 1 amide bonds. The molecule has 156 valence electrons. The molecule has 0 saturated carbocycles. The van der Waals surface area contributed by atoms with Crippen LogP contribution in [0.2, 0.25) is 0 Å². The number of hydrogen-bond donors (Lipinski definition) is 2. The summed E-state index contributed by atoms with van der Waals surface area (Å²) in [6.45, 7) is 4.12. The fraction of sp³-hybridized carbons (Fsp3) is 0.160. The number of aryl methyl sites for hydroxylation is 2. The molecule has 6 heteroatoms. The van der Waals surface area contributed by atoms with E-state index in [1.807, 2.05) is 67.2 Å². The van der Waals surface area contributed by atoms with Crippen LogP contribution in [0.15, 0.2) is 66.7 Å². The number of carbonyl (C=O) groups is 1. The highest BCUT2D eigenvalue weighted by atomic mass is 32.1. The number of hydrogen-bond acceptors (Lipinski definition) is 3. The van der Waals surface area contributed by atoms with Crippen molar-refractivity contribution in [1.82, 2.24) is 15.1 Å². The Balaban J connectivity index is 1.38. The predicted octanol–water partition coefficient (Wildman–Crippen LogP) is 4.91. The normalized spacial score (nSPS) is 10.8. The van der Waals surface area contributed by atoms with Crippen molar-refractivity contribution < 1.29 is 4.79 Å². The molecule has 1 aromatic heterocycles. The van der Waals surface area contributed by atoms with Gasteiger partial charge in [0, 0.05) is 36.0 Å². The van der Waals surface area contributed by atoms with Crippen molar-refractivity contribution >= 4 is 39.7 Å². The van der Waals surface area contributed by atoms with Gasteiger partial charge in [-0.3, -0.25) is 14.8 Å². The van der Waals surface area contributed by atoms with Crippen molar-refractivity contribution in [3.8, 4) is 0 Å². The molecule has 0 aliphatic rings. The third kappa shape index (κ3) is 4.64. The number of thiocarbonyl (C=S) groups is 1. The molecule has 3 aromatic carbocycles. The van der Waals surface area contributed by atoms with Crippen molar-refractivity contribution in [2.75, 3.05) is 5.32 Å². The van der Waals surface area contributed by atoms with Crippen LogP contribution >= 0.6 is 12.2 Å². The number of anilines is 1. The summed E-state index contributed by atoms with van der Waals surface area (Å²) in [5.41, 5.74) is 6.07. The lowest BCUT2D eigenvalue weighted by atomic mass is 10.0. The number of rotatable bonds is 4. The Bertz CT molecular complexity index is 1270. The van der Waals surface area contributed by atoms with Gasteiger partial charge in [0.05, 0.1) is 5.69 Å². The number of amides is 1. The number of nitrogens with zero attached hydrogens (tertiary/aromatic N) is 2. The molecule has 31 heavy (non-hydrogen) atoms. The van der Waals surface area contributed by atoms with Crippen LogP contribution in [0.1, 0.15) is 32.9 Å². The lowest BCUT2D eigenvalue weighted by Crippen LogP contribution is -2.34. The number of nitrogens with one attached hydrogen (secondary N) is 2. The second-order valence-corrected chi connectivity index (χ2v) is 8.03. The Labute approximate surface area is 187 Å². The van der Waals surface area contributed by atoms with E-state index in [1.54, 1.807) is 6.07 Å². The minimum atomic E-state index is -0.234. The summed E-state index contributed by atoms with van der Waals surface area (Å²) < 4.78 is 1.91. The molecule has 0 atom stereocenters. The Hall–Kier alpha value is -3.51. The number of fused-ring (bicyclic) bond motifs is 1. The summed E-state index contributed by atoms with van der Waals surface area (Å²) in [7, 11) is 1.96. The van der Waals surface area contributed by atoms with E-state index in [0.29, 0.717) is 5.56 Å². The molecular weight excluding hydrogens is 404 g/mol. The first-order valence-corrected chi connectivity index (χ1v) is 10.5. The third-order valence-corrected chi connectivity index (χ3v) is 5.69. The number of carbonyl (C=O) groups excluding carboxylic acids is 1. The van der Waals surface area contributed by atoms with Gasteiger partial charge in [-0.2, -0.15) is 5.10 Å². The van der Waals surface area contributed by atoms with Gasteiger partial charge in [0.1, 0.15) is 0 Å². The Kier molecular flexibility index (Phi) is 5.82. The summed E-state index contributed by atoms with van der Waals surface area (Å²) in [6.07, 6.45) is 0.828. The van der Waals surface area contributed by atoms with E-state index in [2.05, 4.69) is 34.8 Å². The van der Waals surface area contributed by atoms with Gasteiger partial charge < -0.3 is 5.32 Å². The van der Waals surface area contributed by atoms with Crippen LogP contribution < -0.4 is 10.6 Å². The molecule has 0 aliphatic heterocycles. The maximum absolute atomic E-state index is 12.6. The van der Waals surface area contributed by atoms with Crippen LogP contribution in [-0.4, -0.2) is 20.8 Å². The number of benzene rings is 3. The monoisotopic (exact) mass is 428 g/mol. The average Bonchev–Trinajstić information content (AvgIpc) is 3.00. The van der Waals surface area contributed by atoms with Gasteiger partial charge in [0.25, 0.3) is 5.91 Å². The molecule has 0 radical (unpaired) electrons. The van der Waals surface area contributed by atoms with E-state index in [0.717, 1.165) is 28.6 Å². The molecule has 0 saturated heterocycles. The highest BCUT2D eigenvalue weighted by molar-refractivity contribution is 7.80. The van der Waals surface area contributed by atoms with E-state index in [1.165, 1.54) is 16.8 Å². The zero-order valence-electron chi connectivity index (χ0n) is 17.8. The first-order valence-electron chi connectivity index (χ1n) is 10.1. The van der Waals surface area contributed by atoms with Crippen LogP contribution in [-0.2, 0) is 13.5 Å². The van der Waals surface area contributed by atoms with E-state index in [4.69, 9.17) is 12.2 Å². The summed E-state index contributed by atoms with van der Waals surface area (Å²) in [4.78, 5) is 12.6. The molecule has 2 N–H and O–H groups in total. The van der Waals surface area contributed by atoms with E-state index >= 15 is 0 Å². The Morgan fingerprint density at radius 1 is 1.00 bits per heavy atom. The van der Waals surface area contributed by atoms with Crippen molar-refractivity contribution in [1.29, 1.82) is 0 Å². The zero-order valence-corrected chi connectivity index (χ0v) is 18.6. The highest BCUT2D eigenvalue weighted by Crippen LogP contribution is 2.19. The smallest absolute Gasteiger partial charge is 0.257 e. The molecule has 0 spiro atoms. The second-order valence-electron chi connectivity index (χ2n) is 7.62. The van der Waals surface area contributed by atoms with Gasteiger partial charge in [-0.15, -0.1) is 0 Å². The summed E-state index contributed by atoms with van der Waals surface area (Å²) in [6, 6.07) is 21.6. The quantitative estimate of drug-likeness (QED) is 0.454. The van der Waals surface area contributed by atoms with Crippen molar-refractivity contribution in [3.05, 3.63) is 94.8 Å².